The van der Waals surface area contributed by atoms with Crippen LogP contribution in [-0.4, -0.2) is 19.6 Å². The summed E-state index contributed by atoms with van der Waals surface area (Å²) in [4.78, 5) is 11.9. The molecule has 0 bridgehead atoms. The monoisotopic (exact) mass is 245 g/mol. The topological polar surface area (TPSA) is 51.5 Å². The molecule has 0 saturated carbocycles. The lowest BCUT2D eigenvalue weighted by Gasteiger charge is -2.09. The molecule has 1 aromatic carbocycles. The highest BCUT2D eigenvalue weighted by atomic mass is 16.5. The van der Waals surface area contributed by atoms with Gasteiger partial charge < -0.3 is 14.5 Å². The molecule has 4 heteroatoms. The molecule has 0 radical (unpaired) electrons. The van der Waals surface area contributed by atoms with E-state index in [-0.39, 0.29) is 5.91 Å². The molecule has 1 aliphatic rings. The van der Waals surface area contributed by atoms with Crippen LogP contribution in [0.15, 0.2) is 22.6 Å². The van der Waals surface area contributed by atoms with Crippen LogP contribution in [0.5, 0.6) is 5.75 Å². The average molecular weight is 245 g/mol. The van der Waals surface area contributed by atoms with Gasteiger partial charge in [0.05, 0.1) is 7.11 Å². The summed E-state index contributed by atoms with van der Waals surface area (Å²) in [5, 5.41) is 3.85. The Morgan fingerprint density at radius 2 is 2.22 bits per heavy atom. The molecule has 0 unspecified atom stereocenters. The van der Waals surface area contributed by atoms with E-state index in [1.165, 1.54) is 0 Å². The van der Waals surface area contributed by atoms with Gasteiger partial charge in [-0.2, -0.15) is 0 Å². The molecular formula is C14H15NO3. The van der Waals surface area contributed by atoms with Crippen molar-refractivity contribution < 1.29 is 13.9 Å². The van der Waals surface area contributed by atoms with E-state index in [0.717, 1.165) is 48.1 Å². The van der Waals surface area contributed by atoms with Crippen molar-refractivity contribution in [1.82, 2.24) is 5.32 Å². The number of nitrogens with one attached hydrogen (secondary N) is 1. The average Bonchev–Trinajstić information content (AvgIpc) is 2.73. The molecular weight excluding hydrogens is 230 g/mol. The summed E-state index contributed by atoms with van der Waals surface area (Å²) in [6.07, 6.45) is 2.93. The molecule has 1 aliphatic heterocycles. The molecule has 2 heterocycles. The smallest absolute Gasteiger partial charge is 0.287 e. The fourth-order valence-electron chi connectivity index (χ4n) is 2.40. The maximum absolute atomic E-state index is 11.9. The Kier molecular flexibility index (Phi) is 2.70. The molecule has 94 valence electrons. The summed E-state index contributed by atoms with van der Waals surface area (Å²) in [6, 6.07) is 5.63. The number of methoxy groups -OCH3 is 1. The molecule has 0 aliphatic carbocycles. The quantitative estimate of drug-likeness (QED) is 0.839. The van der Waals surface area contributed by atoms with Crippen molar-refractivity contribution in [1.29, 1.82) is 0 Å². The third-order valence-electron chi connectivity index (χ3n) is 3.34. The van der Waals surface area contributed by atoms with Crippen LogP contribution >= 0.6 is 0 Å². The van der Waals surface area contributed by atoms with Crippen LogP contribution in [0.2, 0.25) is 0 Å². The molecule has 0 saturated heterocycles. The standard InChI is InChI=1S/C14H15NO3/c1-17-9-5-6-12-11(8-9)10-4-2-3-7-15-14(16)13(10)18-12/h5-6,8H,2-4,7H2,1H3,(H,15,16). The fourth-order valence-corrected chi connectivity index (χ4v) is 2.40. The van der Waals surface area contributed by atoms with Crippen LogP contribution in [0.4, 0.5) is 0 Å². The van der Waals surface area contributed by atoms with Crippen molar-refractivity contribution in [2.24, 2.45) is 0 Å². The second kappa shape index (κ2) is 4.37. The molecule has 1 amide bonds. The highest BCUT2D eigenvalue weighted by Gasteiger charge is 2.21. The molecule has 0 atom stereocenters. The molecule has 3 rings (SSSR count). The molecule has 4 nitrogen and oxygen atoms in total. The van der Waals surface area contributed by atoms with Crippen molar-refractivity contribution in [3.63, 3.8) is 0 Å². The number of carbonyl (C=O) groups is 1. The van der Waals surface area contributed by atoms with Crippen LogP contribution in [0.3, 0.4) is 0 Å². The normalized spacial score (nSPS) is 15.7. The summed E-state index contributed by atoms with van der Waals surface area (Å²) in [5.41, 5.74) is 1.75. The van der Waals surface area contributed by atoms with Gasteiger partial charge in [-0.1, -0.05) is 0 Å². The summed E-state index contributed by atoms with van der Waals surface area (Å²) in [6.45, 7) is 0.721. The van der Waals surface area contributed by atoms with Gasteiger partial charge in [-0.05, 0) is 37.5 Å². The fraction of sp³-hybridized carbons (Fsp3) is 0.357. The first-order valence-electron chi connectivity index (χ1n) is 6.17. The first-order chi connectivity index (χ1) is 8.79. The number of amides is 1. The van der Waals surface area contributed by atoms with E-state index in [1.54, 1.807) is 7.11 Å². The Morgan fingerprint density at radius 1 is 1.33 bits per heavy atom. The molecule has 0 fully saturated rings. The Morgan fingerprint density at radius 3 is 3.06 bits per heavy atom. The van der Waals surface area contributed by atoms with Gasteiger partial charge in [-0.15, -0.1) is 0 Å². The molecule has 18 heavy (non-hydrogen) atoms. The molecule has 1 aromatic heterocycles. The summed E-state index contributed by atoms with van der Waals surface area (Å²) in [7, 11) is 1.64. The molecule has 1 N–H and O–H groups in total. The first-order valence-corrected chi connectivity index (χ1v) is 6.17. The minimum atomic E-state index is -0.111. The second-order valence-corrected chi connectivity index (χ2v) is 4.48. The van der Waals surface area contributed by atoms with Crippen LogP contribution in [0.25, 0.3) is 11.0 Å². The van der Waals surface area contributed by atoms with Gasteiger partial charge in [0.15, 0.2) is 5.76 Å². The lowest BCUT2D eigenvalue weighted by Crippen LogP contribution is -2.26. The highest BCUT2D eigenvalue weighted by molar-refractivity contribution is 5.99. The Labute approximate surface area is 105 Å². The van der Waals surface area contributed by atoms with Gasteiger partial charge in [-0.25, -0.2) is 0 Å². The molecule has 0 spiro atoms. The van der Waals surface area contributed by atoms with Crippen LogP contribution in [0, 0.1) is 0 Å². The number of carbonyl (C=O) groups excluding carboxylic acids is 1. The largest absolute Gasteiger partial charge is 0.497 e. The van der Waals surface area contributed by atoms with E-state index in [2.05, 4.69) is 5.32 Å². The number of rotatable bonds is 1. The number of benzene rings is 1. The number of hydrogen-bond acceptors (Lipinski definition) is 3. The first kappa shape index (κ1) is 11.1. The zero-order valence-corrected chi connectivity index (χ0v) is 10.3. The zero-order chi connectivity index (χ0) is 12.5. The van der Waals surface area contributed by atoms with E-state index >= 15 is 0 Å². The van der Waals surface area contributed by atoms with Crippen LogP contribution in [0.1, 0.15) is 29.0 Å². The summed E-state index contributed by atoms with van der Waals surface area (Å²) in [5.74, 6) is 1.13. The van der Waals surface area contributed by atoms with Gasteiger partial charge in [0, 0.05) is 17.5 Å². The van der Waals surface area contributed by atoms with E-state index < -0.39 is 0 Å². The number of furan rings is 1. The van der Waals surface area contributed by atoms with Gasteiger partial charge in [0.25, 0.3) is 5.91 Å². The predicted molar refractivity (Wildman–Crippen MR) is 68.0 cm³/mol. The van der Waals surface area contributed by atoms with E-state index in [9.17, 15) is 4.79 Å². The van der Waals surface area contributed by atoms with E-state index in [0.29, 0.717) is 5.76 Å². The number of hydrogen-bond donors (Lipinski definition) is 1. The van der Waals surface area contributed by atoms with Gasteiger partial charge in [-0.3, -0.25) is 4.79 Å². The predicted octanol–water partition coefficient (Wildman–Crippen LogP) is 2.51. The van der Waals surface area contributed by atoms with Crippen molar-refractivity contribution in [2.45, 2.75) is 19.3 Å². The maximum atomic E-state index is 11.9. The summed E-state index contributed by atoms with van der Waals surface area (Å²) < 4.78 is 10.9. The third kappa shape index (κ3) is 1.74. The Bertz CT molecular complexity index is 600. The van der Waals surface area contributed by atoms with Gasteiger partial charge >= 0.3 is 0 Å². The van der Waals surface area contributed by atoms with Gasteiger partial charge in [0.1, 0.15) is 11.3 Å². The highest BCUT2D eigenvalue weighted by Crippen LogP contribution is 2.31. The Balaban J connectivity index is 2.20. The third-order valence-corrected chi connectivity index (χ3v) is 3.34. The lowest BCUT2D eigenvalue weighted by atomic mass is 10.0. The van der Waals surface area contributed by atoms with Crippen molar-refractivity contribution in [2.75, 3.05) is 13.7 Å². The SMILES string of the molecule is COc1ccc2oc3c(c2c1)CCCCNC3=O. The lowest BCUT2D eigenvalue weighted by molar-refractivity contribution is 0.0923. The van der Waals surface area contributed by atoms with Gasteiger partial charge in [0.2, 0.25) is 0 Å². The van der Waals surface area contributed by atoms with Crippen molar-refractivity contribution in [3.05, 3.63) is 29.5 Å². The minimum absolute atomic E-state index is 0.111. The van der Waals surface area contributed by atoms with E-state index in [1.807, 2.05) is 18.2 Å². The second-order valence-electron chi connectivity index (χ2n) is 4.48. The minimum Gasteiger partial charge on any atom is -0.497 e. The number of fused-ring (bicyclic) bond motifs is 3. The van der Waals surface area contributed by atoms with E-state index in [4.69, 9.17) is 9.15 Å². The molecule has 2 aromatic rings. The van der Waals surface area contributed by atoms with Crippen LogP contribution in [-0.2, 0) is 6.42 Å². The van der Waals surface area contributed by atoms with Crippen molar-refractivity contribution in [3.8, 4) is 5.75 Å². The maximum Gasteiger partial charge on any atom is 0.287 e. The Hall–Kier alpha value is -1.97. The zero-order valence-electron chi connectivity index (χ0n) is 10.3. The van der Waals surface area contributed by atoms with Crippen LogP contribution < -0.4 is 10.1 Å². The number of aryl methyl sites for hydroxylation is 1. The summed E-state index contributed by atoms with van der Waals surface area (Å²) >= 11 is 0. The number of ether oxygens (including phenoxy) is 1. The van der Waals surface area contributed by atoms with Crippen molar-refractivity contribution >= 4 is 16.9 Å².